The van der Waals surface area contributed by atoms with E-state index in [-0.39, 0.29) is 5.84 Å². The third-order valence-electron chi connectivity index (χ3n) is 2.45. The normalized spacial score (nSPS) is 11.7. The van der Waals surface area contributed by atoms with Gasteiger partial charge in [0.05, 0.1) is 10.0 Å². The van der Waals surface area contributed by atoms with E-state index in [9.17, 15) is 0 Å². The van der Waals surface area contributed by atoms with E-state index in [1.807, 2.05) is 13.0 Å². The van der Waals surface area contributed by atoms with E-state index in [0.717, 1.165) is 15.6 Å². The summed E-state index contributed by atoms with van der Waals surface area (Å²) in [4.78, 5) is 5.30. The van der Waals surface area contributed by atoms with Crippen LogP contribution in [-0.4, -0.2) is 16.0 Å². The van der Waals surface area contributed by atoms with Gasteiger partial charge in [0.15, 0.2) is 5.84 Å². The zero-order valence-corrected chi connectivity index (χ0v) is 12.8. The minimum atomic E-state index is 0.0477. The molecule has 0 fully saturated rings. The fraction of sp³-hybridized carbons (Fsp3) is 0.0769. The Morgan fingerprint density at radius 1 is 1.25 bits per heavy atom. The Morgan fingerprint density at radius 3 is 2.65 bits per heavy atom. The third kappa shape index (κ3) is 3.56. The van der Waals surface area contributed by atoms with Gasteiger partial charge in [-0.05, 0) is 37.3 Å². The molecule has 0 amide bonds. The van der Waals surface area contributed by atoms with Crippen molar-refractivity contribution in [2.75, 3.05) is 0 Å². The number of aromatic nitrogens is 1. The van der Waals surface area contributed by atoms with E-state index in [1.54, 1.807) is 24.3 Å². The summed E-state index contributed by atoms with van der Waals surface area (Å²) in [6.07, 6.45) is 0. The molecule has 0 aliphatic carbocycles. The van der Waals surface area contributed by atoms with Crippen molar-refractivity contribution in [3.8, 4) is 0 Å². The van der Waals surface area contributed by atoms with Gasteiger partial charge in [-0.3, -0.25) is 0 Å². The monoisotopic (exact) mass is 327 g/mol. The summed E-state index contributed by atoms with van der Waals surface area (Å²) in [6.45, 7) is 1.84. The first-order valence-corrected chi connectivity index (χ1v) is 7.16. The van der Waals surface area contributed by atoms with Crippen molar-refractivity contribution in [1.29, 1.82) is 0 Å². The number of benzene rings is 1. The van der Waals surface area contributed by atoms with Gasteiger partial charge in [-0.2, -0.15) is 0 Å². The van der Waals surface area contributed by atoms with E-state index in [1.165, 1.54) is 11.8 Å². The molecular formula is C13H11Cl2N3OS. The van der Waals surface area contributed by atoms with Crippen LogP contribution in [0.25, 0.3) is 0 Å². The van der Waals surface area contributed by atoms with Crippen molar-refractivity contribution in [3.05, 3.63) is 51.6 Å². The van der Waals surface area contributed by atoms with E-state index < -0.39 is 0 Å². The predicted octanol–water partition coefficient (Wildman–Crippen LogP) is 3.94. The van der Waals surface area contributed by atoms with Gasteiger partial charge in [-0.1, -0.05) is 40.1 Å². The number of halogens is 2. The quantitative estimate of drug-likeness (QED) is 0.387. The predicted molar refractivity (Wildman–Crippen MR) is 82.1 cm³/mol. The average molecular weight is 328 g/mol. The lowest BCUT2D eigenvalue weighted by atomic mass is 10.2. The van der Waals surface area contributed by atoms with Gasteiger partial charge in [-0.15, -0.1) is 0 Å². The molecule has 0 saturated heterocycles. The molecule has 1 heterocycles. The highest BCUT2D eigenvalue weighted by Crippen LogP contribution is 2.32. The molecule has 0 aliphatic rings. The zero-order chi connectivity index (χ0) is 14.7. The fourth-order valence-electron chi connectivity index (χ4n) is 1.56. The molecule has 7 heteroatoms. The minimum absolute atomic E-state index is 0.0477. The van der Waals surface area contributed by atoms with Gasteiger partial charge in [0, 0.05) is 16.2 Å². The van der Waals surface area contributed by atoms with Crippen molar-refractivity contribution < 1.29 is 5.21 Å². The van der Waals surface area contributed by atoms with Gasteiger partial charge in [-0.25, -0.2) is 4.98 Å². The molecule has 20 heavy (non-hydrogen) atoms. The number of hydrogen-bond donors (Lipinski definition) is 2. The van der Waals surface area contributed by atoms with Crippen LogP contribution < -0.4 is 5.73 Å². The lowest BCUT2D eigenvalue weighted by Crippen LogP contribution is -2.13. The largest absolute Gasteiger partial charge is 0.409 e. The molecular weight excluding hydrogens is 317 g/mol. The number of oxime groups is 1. The molecule has 104 valence electrons. The van der Waals surface area contributed by atoms with Crippen LogP contribution in [0.4, 0.5) is 0 Å². The second-order valence-corrected chi connectivity index (χ2v) is 5.91. The number of aryl methyl sites for hydroxylation is 1. The van der Waals surface area contributed by atoms with E-state index in [2.05, 4.69) is 10.1 Å². The second kappa shape index (κ2) is 6.35. The van der Waals surface area contributed by atoms with E-state index in [0.29, 0.717) is 15.6 Å². The summed E-state index contributed by atoms with van der Waals surface area (Å²) in [6, 6.07) is 8.84. The molecule has 1 aromatic carbocycles. The highest BCUT2D eigenvalue weighted by molar-refractivity contribution is 7.99. The SMILES string of the molecule is Cc1cc(/C(N)=N/O)cc(Sc2ccc(Cl)c(Cl)c2)n1. The number of amidine groups is 1. The van der Waals surface area contributed by atoms with Gasteiger partial charge >= 0.3 is 0 Å². The molecule has 0 bridgehead atoms. The second-order valence-electron chi connectivity index (χ2n) is 4.00. The minimum Gasteiger partial charge on any atom is -0.409 e. The molecule has 0 saturated carbocycles. The Bertz CT molecular complexity index is 677. The molecule has 1 aromatic heterocycles. The maximum Gasteiger partial charge on any atom is 0.170 e. The van der Waals surface area contributed by atoms with E-state index in [4.69, 9.17) is 34.1 Å². The molecule has 0 unspecified atom stereocenters. The highest BCUT2D eigenvalue weighted by Gasteiger charge is 2.07. The average Bonchev–Trinajstić information content (AvgIpc) is 2.41. The third-order valence-corrected chi connectivity index (χ3v) is 4.09. The molecule has 0 spiro atoms. The number of rotatable bonds is 3. The Labute approximate surface area is 130 Å². The lowest BCUT2D eigenvalue weighted by molar-refractivity contribution is 0.318. The number of nitrogens with two attached hydrogens (primary N) is 1. The molecule has 2 rings (SSSR count). The van der Waals surface area contributed by atoms with Gasteiger partial charge in [0.2, 0.25) is 0 Å². The van der Waals surface area contributed by atoms with Crippen LogP contribution in [-0.2, 0) is 0 Å². The fourth-order valence-corrected chi connectivity index (χ4v) is 2.85. The number of pyridine rings is 1. The van der Waals surface area contributed by atoms with Crippen LogP contribution in [0, 0.1) is 6.92 Å². The van der Waals surface area contributed by atoms with E-state index >= 15 is 0 Å². The zero-order valence-electron chi connectivity index (χ0n) is 10.5. The first kappa shape index (κ1) is 15.0. The van der Waals surface area contributed by atoms with Crippen LogP contribution in [0.15, 0.2) is 45.4 Å². The van der Waals surface area contributed by atoms with Gasteiger partial charge in [0.1, 0.15) is 5.03 Å². The molecule has 4 nitrogen and oxygen atoms in total. The number of hydrogen-bond acceptors (Lipinski definition) is 4. The van der Waals surface area contributed by atoms with Gasteiger partial charge in [0.25, 0.3) is 0 Å². The molecule has 0 aliphatic heterocycles. The first-order valence-electron chi connectivity index (χ1n) is 5.59. The van der Waals surface area contributed by atoms with Crippen LogP contribution in [0.3, 0.4) is 0 Å². The summed E-state index contributed by atoms with van der Waals surface area (Å²) >= 11 is 13.3. The van der Waals surface area contributed by atoms with Gasteiger partial charge < -0.3 is 10.9 Å². The van der Waals surface area contributed by atoms with Crippen molar-refractivity contribution in [2.45, 2.75) is 16.8 Å². The molecule has 0 radical (unpaired) electrons. The summed E-state index contributed by atoms with van der Waals surface area (Å²) < 4.78 is 0. The number of nitrogens with zero attached hydrogens (tertiary/aromatic N) is 2. The summed E-state index contributed by atoms with van der Waals surface area (Å²) in [5, 5.41) is 13.4. The Morgan fingerprint density at radius 2 is 2.00 bits per heavy atom. The maximum absolute atomic E-state index is 8.73. The van der Waals surface area contributed by atoms with Crippen LogP contribution in [0.1, 0.15) is 11.3 Å². The maximum atomic E-state index is 8.73. The van der Waals surface area contributed by atoms with Crippen LogP contribution in [0.5, 0.6) is 0 Å². The molecule has 2 aromatic rings. The molecule has 3 N–H and O–H groups in total. The first-order chi connectivity index (χ1) is 9.49. The summed E-state index contributed by atoms with van der Waals surface area (Å²) in [5.74, 6) is 0.0477. The highest BCUT2D eigenvalue weighted by atomic mass is 35.5. The van der Waals surface area contributed by atoms with Crippen molar-refractivity contribution in [1.82, 2.24) is 4.98 Å². The Kier molecular flexibility index (Phi) is 4.75. The standard InChI is InChI=1S/C13H11Cl2N3OS/c1-7-4-8(13(16)18-19)5-12(17-7)20-9-2-3-10(14)11(15)6-9/h2-6,19H,1H3,(H2,16,18). The Balaban J connectivity index is 2.33. The Hall–Kier alpha value is -1.43. The molecule has 0 atom stereocenters. The van der Waals surface area contributed by atoms with Crippen molar-refractivity contribution in [3.63, 3.8) is 0 Å². The van der Waals surface area contributed by atoms with Crippen LogP contribution in [0.2, 0.25) is 10.0 Å². The summed E-state index contributed by atoms with van der Waals surface area (Å²) in [7, 11) is 0. The van der Waals surface area contributed by atoms with Crippen LogP contribution >= 0.6 is 35.0 Å². The topological polar surface area (TPSA) is 71.5 Å². The summed E-state index contributed by atoms with van der Waals surface area (Å²) in [5.41, 5.74) is 6.98. The van der Waals surface area contributed by atoms with Crippen molar-refractivity contribution >= 4 is 40.8 Å². The smallest absolute Gasteiger partial charge is 0.170 e. The lowest BCUT2D eigenvalue weighted by Gasteiger charge is -2.06. The van der Waals surface area contributed by atoms with Crippen molar-refractivity contribution in [2.24, 2.45) is 10.9 Å².